The molecule has 0 heterocycles. The third kappa shape index (κ3) is 3.14. The molecule has 0 amide bonds. The van der Waals surface area contributed by atoms with Crippen LogP contribution in [0, 0.1) is 19.8 Å². The van der Waals surface area contributed by atoms with Gasteiger partial charge >= 0.3 is 0 Å². The smallest absolute Gasteiger partial charge is 0.0133 e. The average molecular weight is 245 g/mol. The Morgan fingerprint density at radius 1 is 1.11 bits per heavy atom. The minimum absolute atomic E-state index is 0.658. The highest BCUT2D eigenvalue weighted by Gasteiger charge is 2.23. The topological polar surface area (TPSA) is 12.0 Å². The standard InChI is InChI=1S/C17H27N/c1-13-8-7-9-14(2)16(13)12-17(18-3)15-10-5-4-6-11-15/h7-9,15,17-18H,4-6,10-12H2,1-3H3. The van der Waals surface area contributed by atoms with Crippen molar-refractivity contribution in [1.29, 1.82) is 0 Å². The molecule has 18 heavy (non-hydrogen) atoms. The van der Waals surface area contributed by atoms with Crippen LogP contribution in [-0.2, 0) is 6.42 Å². The van der Waals surface area contributed by atoms with E-state index in [-0.39, 0.29) is 0 Å². The molecule has 0 radical (unpaired) electrons. The van der Waals surface area contributed by atoms with Crippen molar-refractivity contribution < 1.29 is 0 Å². The van der Waals surface area contributed by atoms with E-state index in [1.165, 1.54) is 49.7 Å². The molecule has 0 saturated heterocycles. The summed E-state index contributed by atoms with van der Waals surface area (Å²) in [6.45, 7) is 4.49. The Bertz CT molecular complexity index is 357. The fraction of sp³-hybridized carbons (Fsp3) is 0.647. The van der Waals surface area contributed by atoms with Crippen LogP contribution in [0.25, 0.3) is 0 Å². The zero-order valence-corrected chi connectivity index (χ0v) is 12.1. The van der Waals surface area contributed by atoms with Gasteiger partial charge < -0.3 is 5.32 Å². The molecule has 0 spiro atoms. The van der Waals surface area contributed by atoms with Crippen LogP contribution in [0.4, 0.5) is 0 Å². The Hall–Kier alpha value is -0.820. The van der Waals surface area contributed by atoms with Gasteiger partial charge in [0.05, 0.1) is 0 Å². The zero-order valence-electron chi connectivity index (χ0n) is 12.1. The minimum atomic E-state index is 0.658. The van der Waals surface area contributed by atoms with Crippen LogP contribution in [0.1, 0.15) is 48.8 Å². The number of benzene rings is 1. The number of likely N-dealkylation sites (N-methyl/N-ethyl adjacent to an activating group) is 1. The van der Waals surface area contributed by atoms with Gasteiger partial charge in [-0.15, -0.1) is 0 Å². The van der Waals surface area contributed by atoms with E-state index in [4.69, 9.17) is 0 Å². The van der Waals surface area contributed by atoms with Gasteiger partial charge in [0, 0.05) is 6.04 Å². The molecular weight excluding hydrogens is 218 g/mol. The lowest BCUT2D eigenvalue weighted by molar-refractivity contribution is 0.276. The van der Waals surface area contributed by atoms with E-state index >= 15 is 0 Å². The fourth-order valence-corrected chi connectivity index (χ4v) is 3.43. The largest absolute Gasteiger partial charge is 0.316 e. The number of nitrogens with one attached hydrogen (secondary N) is 1. The van der Waals surface area contributed by atoms with Crippen LogP contribution in [0.5, 0.6) is 0 Å². The molecule has 1 heteroatoms. The van der Waals surface area contributed by atoms with Gasteiger partial charge in [-0.3, -0.25) is 0 Å². The van der Waals surface area contributed by atoms with Crippen molar-refractivity contribution >= 4 is 0 Å². The Morgan fingerprint density at radius 3 is 2.28 bits per heavy atom. The first-order valence-corrected chi connectivity index (χ1v) is 7.44. The molecule has 0 aromatic heterocycles. The maximum atomic E-state index is 3.57. The van der Waals surface area contributed by atoms with E-state index < -0.39 is 0 Å². The van der Waals surface area contributed by atoms with Crippen LogP contribution in [0.15, 0.2) is 18.2 Å². The summed E-state index contributed by atoms with van der Waals surface area (Å²) in [5.41, 5.74) is 4.46. The first-order chi connectivity index (χ1) is 8.72. The van der Waals surface area contributed by atoms with Gasteiger partial charge in [0.2, 0.25) is 0 Å². The van der Waals surface area contributed by atoms with E-state index in [1.54, 1.807) is 5.56 Å². The van der Waals surface area contributed by atoms with Crippen LogP contribution in [0.3, 0.4) is 0 Å². The van der Waals surface area contributed by atoms with Crippen molar-refractivity contribution in [3.05, 3.63) is 34.9 Å². The monoisotopic (exact) mass is 245 g/mol. The maximum Gasteiger partial charge on any atom is 0.0133 e. The van der Waals surface area contributed by atoms with Crippen LogP contribution < -0.4 is 5.32 Å². The summed E-state index contributed by atoms with van der Waals surface area (Å²) in [6.07, 6.45) is 8.31. The highest BCUT2D eigenvalue weighted by Crippen LogP contribution is 2.29. The normalized spacial score (nSPS) is 18.8. The summed E-state index contributed by atoms with van der Waals surface area (Å²) in [5.74, 6) is 0.878. The highest BCUT2D eigenvalue weighted by atomic mass is 14.9. The molecule has 100 valence electrons. The Balaban J connectivity index is 2.09. The van der Waals surface area contributed by atoms with Crippen molar-refractivity contribution in [2.24, 2.45) is 5.92 Å². The van der Waals surface area contributed by atoms with Crippen molar-refractivity contribution in [2.75, 3.05) is 7.05 Å². The molecule has 1 aliphatic rings. The van der Waals surface area contributed by atoms with Crippen molar-refractivity contribution in [1.82, 2.24) is 5.32 Å². The predicted octanol–water partition coefficient (Wildman–Crippen LogP) is 4.01. The SMILES string of the molecule is CNC(Cc1c(C)cccc1C)C1CCCCC1. The fourth-order valence-electron chi connectivity index (χ4n) is 3.43. The second kappa shape index (κ2) is 6.38. The Kier molecular flexibility index (Phi) is 4.82. The van der Waals surface area contributed by atoms with Crippen LogP contribution >= 0.6 is 0 Å². The third-order valence-electron chi connectivity index (χ3n) is 4.66. The van der Waals surface area contributed by atoms with E-state index in [1.807, 2.05) is 0 Å². The molecule has 0 bridgehead atoms. The van der Waals surface area contributed by atoms with Crippen LogP contribution in [0.2, 0.25) is 0 Å². The predicted molar refractivity (Wildman–Crippen MR) is 79.0 cm³/mol. The quantitative estimate of drug-likeness (QED) is 0.845. The molecule has 1 atom stereocenters. The summed E-state index contributed by atoms with van der Waals surface area (Å²) in [6, 6.07) is 7.32. The third-order valence-corrected chi connectivity index (χ3v) is 4.66. The van der Waals surface area contributed by atoms with E-state index in [0.717, 1.165) is 5.92 Å². The first kappa shape index (κ1) is 13.6. The van der Waals surface area contributed by atoms with Gasteiger partial charge in [-0.1, -0.05) is 37.5 Å². The van der Waals surface area contributed by atoms with Gasteiger partial charge in [-0.2, -0.15) is 0 Å². The first-order valence-electron chi connectivity index (χ1n) is 7.44. The van der Waals surface area contributed by atoms with Crippen molar-refractivity contribution in [3.63, 3.8) is 0 Å². The van der Waals surface area contributed by atoms with Gasteiger partial charge in [0.15, 0.2) is 0 Å². The molecule has 2 rings (SSSR count). The molecule has 0 aliphatic heterocycles. The minimum Gasteiger partial charge on any atom is -0.316 e. The Morgan fingerprint density at radius 2 is 1.72 bits per heavy atom. The molecule has 1 aromatic carbocycles. The lowest BCUT2D eigenvalue weighted by atomic mass is 9.80. The number of rotatable bonds is 4. The summed E-state index contributed by atoms with van der Waals surface area (Å²) >= 11 is 0. The summed E-state index contributed by atoms with van der Waals surface area (Å²) < 4.78 is 0. The van der Waals surface area contributed by atoms with Gasteiger partial charge in [-0.25, -0.2) is 0 Å². The maximum absolute atomic E-state index is 3.57. The molecular formula is C17H27N. The van der Waals surface area contributed by atoms with Gasteiger partial charge in [0.25, 0.3) is 0 Å². The molecule has 1 aliphatic carbocycles. The Labute approximate surface area is 112 Å². The lowest BCUT2D eigenvalue weighted by Crippen LogP contribution is -2.37. The van der Waals surface area contributed by atoms with Crippen LogP contribution in [-0.4, -0.2) is 13.1 Å². The van der Waals surface area contributed by atoms with E-state index in [0.29, 0.717) is 6.04 Å². The summed E-state index contributed by atoms with van der Waals surface area (Å²) in [7, 11) is 2.13. The molecule has 1 saturated carbocycles. The lowest BCUT2D eigenvalue weighted by Gasteiger charge is -2.31. The second-order valence-corrected chi connectivity index (χ2v) is 5.87. The number of hydrogen-bond donors (Lipinski definition) is 1. The molecule has 1 fully saturated rings. The van der Waals surface area contributed by atoms with Crippen molar-refractivity contribution in [2.45, 2.75) is 58.4 Å². The van der Waals surface area contributed by atoms with E-state index in [2.05, 4.69) is 44.4 Å². The molecule has 1 nitrogen and oxygen atoms in total. The van der Waals surface area contributed by atoms with Crippen molar-refractivity contribution in [3.8, 4) is 0 Å². The summed E-state index contributed by atoms with van der Waals surface area (Å²) in [5, 5.41) is 3.57. The molecule has 1 unspecified atom stereocenters. The molecule has 1 N–H and O–H groups in total. The highest BCUT2D eigenvalue weighted by molar-refractivity contribution is 5.34. The summed E-state index contributed by atoms with van der Waals surface area (Å²) in [4.78, 5) is 0. The number of aryl methyl sites for hydroxylation is 2. The van der Waals surface area contributed by atoms with E-state index in [9.17, 15) is 0 Å². The molecule has 1 aromatic rings. The zero-order chi connectivity index (χ0) is 13.0. The number of hydrogen-bond acceptors (Lipinski definition) is 1. The second-order valence-electron chi connectivity index (χ2n) is 5.87. The van der Waals surface area contributed by atoms with Gasteiger partial charge in [0.1, 0.15) is 0 Å². The van der Waals surface area contributed by atoms with Gasteiger partial charge in [-0.05, 0) is 62.8 Å². The average Bonchev–Trinajstić information content (AvgIpc) is 2.40.